The van der Waals surface area contributed by atoms with E-state index in [-0.39, 0.29) is 11.9 Å². The van der Waals surface area contributed by atoms with Gasteiger partial charge in [-0.05, 0) is 47.0 Å². The van der Waals surface area contributed by atoms with Crippen LogP contribution in [0.25, 0.3) is 0 Å². The maximum absolute atomic E-state index is 12.6. The fourth-order valence-electron chi connectivity index (χ4n) is 2.79. The van der Waals surface area contributed by atoms with Crippen LogP contribution in [0.4, 0.5) is 0 Å². The van der Waals surface area contributed by atoms with Gasteiger partial charge in [-0.1, -0.05) is 5.21 Å². The molecule has 0 radical (unpaired) electrons. The Bertz CT molecular complexity index is 750. The summed E-state index contributed by atoms with van der Waals surface area (Å²) in [4.78, 5) is 14.4. The molecular weight excluding hydrogens is 360 g/mol. The predicted octanol–water partition coefficient (Wildman–Crippen LogP) is 2.62. The maximum Gasteiger partial charge on any atom is 0.255 e. The van der Waals surface area contributed by atoms with Crippen LogP contribution in [0.2, 0.25) is 0 Å². The predicted molar refractivity (Wildman–Crippen MR) is 87.6 cm³/mol. The summed E-state index contributed by atoms with van der Waals surface area (Å²) in [6, 6.07) is 5.65. The second kappa shape index (κ2) is 5.63. The zero-order chi connectivity index (χ0) is 16.0. The van der Waals surface area contributed by atoms with Crippen molar-refractivity contribution in [3.8, 4) is 5.75 Å². The molecule has 0 N–H and O–H groups in total. The number of rotatable bonds is 4. The van der Waals surface area contributed by atoms with Crippen LogP contribution >= 0.6 is 15.9 Å². The number of carbonyl (C=O) groups excluding carboxylic acids is 1. The van der Waals surface area contributed by atoms with E-state index in [1.807, 2.05) is 27.9 Å². The van der Waals surface area contributed by atoms with E-state index in [1.165, 1.54) is 12.8 Å². The lowest BCUT2D eigenvalue weighted by atomic mass is 10.1. The highest BCUT2D eigenvalue weighted by Gasteiger charge is 2.35. The molecule has 0 bridgehead atoms. The van der Waals surface area contributed by atoms with Gasteiger partial charge in [0.2, 0.25) is 0 Å². The highest BCUT2D eigenvalue weighted by Crippen LogP contribution is 2.39. The summed E-state index contributed by atoms with van der Waals surface area (Å²) in [5, 5.41) is 8.44. The number of benzene rings is 1. The summed E-state index contributed by atoms with van der Waals surface area (Å²) in [6.07, 6.45) is 4.47. The highest BCUT2D eigenvalue weighted by atomic mass is 79.9. The van der Waals surface area contributed by atoms with Crippen molar-refractivity contribution in [2.24, 2.45) is 0 Å². The zero-order valence-electron chi connectivity index (χ0n) is 12.8. The average Bonchev–Trinajstić information content (AvgIpc) is 3.25. The van der Waals surface area contributed by atoms with Gasteiger partial charge in [0.05, 0.1) is 24.4 Å². The Balaban J connectivity index is 1.43. The third-order valence-corrected chi connectivity index (χ3v) is 5.14. The lowest BCUT2D eigenvalue weighted by Crippen LogP contribution is -2.51. The summed E-state index contributed by atoms with van der Waals surface area (Å²) >= 11 is 3.44. The molecule has 0 spiro atoms. The van der Waals surface area contributed by atoms with E-state index in [0.717, 1.165) is 10.2 Å². The van der Waals surface area contributed by atoms with Gasteiger partial charge in [-0.15, -0.1) is 5.10 Å². The first-order chi connectivity index (χ1) is 11.2. The molecule has 2 heterocycles. The molecule has 1 aromatic carbocycles. The van der Waals surface area contributed by atoms with Crippen molar-refractivity contribution in [3.05, 3.63) is 40.1 Å². The minimum absolute atomic E-state index is 0.00885. The number of amides is 1. The number of ether oxygens (including phenoxy) is 1. The molecule has 0 unspecified atom stereocenters. The number of likely N-dealkylation sites (tertiary alicyclic amines) is 1. The molecule has 2 aliphatic rings. The number of hydrogen-bond acceptors (Lipinski definition) is 4. The van der Waals surface area contributed by atoms with Crippen molar-refractivity contribution in [2.45, 2.75) is 24.8 Å². The molecule has 6 nitrogen and oxygen atoms in total. The van der Waals surface area contributed by atoms with Gasteiger partial charge in [-0.2, -0.15) is 0 Å². The third-order valence-electron chi connectivity index (χ3n) is 4.45. The summed E-state index contributed by atoms with van der Waals surface area (Å²) in [6.45, 7) is 1.33. The van der Waals surface area contributed by atoms with Crippen LogP contribution in [-0.2, 0) is 0 Å². The number of halogens is 1. The molecular formula is C16H17BrN4O2. The molecule has 23 heavy (non-hydrogen) atoms. The lowest BCUT2D eigenvalue weighted by molar-refractivity contribution is 0.0497. The Hall–Kier alpha value is -1.89. The number of hydrogen-bond donors (Lipinski definition) is 0. The van der Waals surface area contributed by atoms with E-state index in [4.69, 9.17) is 4.74 Å². The minimum atomic E-state index is 0.00885. The molecule has 1 aromatic heterocycles. The Morgan fingerprint density at radius 2 is 2.13 bits per heavy atom. The van der Waals surface area contributed by atoms with Crippen LogP contribution in [-0.4, -0.2) is 46.0 Å². The van der Waals surface area contributed by atoms with E-state index in [2.05, 4.69) is 26.2 Å². The van der Waals surface area contributed by atoms with Gasteiger partial charge in [-0.25, -0.2) is 4.68 Å². The van der Waals surface area contributed by atoms with Crippen LogP contribution in [0, 0.1) is 0 Å². The number of nitrogens with zero attached hydrogens (tertiary/aromatic N) is 4. The first-order valence-electron chi connectivity index (χ1n) is 7.70. The Labute approximate surface area is 142 Å². The van der Waals surface area contributed by atoms with Crippen molar-refractivity contribution in [1.82, 2.24) is 19.9 Å². The van der Waals surface area contributed by atoms with Crippen LogP contribution in [0.5, 0.6) is 5.75 Å². The Morgan fingerprint density at radius 3 is 2.83 bits per heavy atom. The van der Waals surface area contributed by atoms with Crippen LogP contribution in [0.3, 0.4) is 0 Å². The van der Waals surface area contributed by atoms with Gasteiger partial charge in [0.25, 0.3) is 5.91 Å². The van der Waals surface area contributed by atoms with E-state index < -0.39 is 0 Å². The number of methoxy groups -OCH3 is 1. The van der Waals surface area contributed by atoms with Gasteiger partial charge in [-0.3, -0.25) is 4.79 Å². The van der Waals surface area contributed by atoms with E-state index in [9.17, 15) is 4.79 Å². The first-order valence-corrected chi connectivity index (χ1v) is 8.49. The fraction of sp³-hybridized carbons (Fsp3) is 0.438. The SMILES string of the molecule is COc1ccc(Br)c(C(=O)N2CC(n3cc(C4CC4)nn3)C2)c1. The van der Waals surface area contributed by atoms with Gasteiger partial charge in [0.1, 0.15) is 5.75 Å². The van der Waals surface area contributed by atoms with Crippen LogP contribution in [0.15, 0.2) is 28.9 Å². The lowest BCUT2D eigenvalue weighted by Gasteiger charge is -2.39. The molecule has 1 aliphatic carbocycles. The Morgan fingerprint density at radius 1 is 1.35 bits per heavy atom. The van der Waals surface area contributed by atoms with Crippen LogP contribution in [0.1, 0.15) is 40.9 Å². The number of carbonyl (C=O) groups is 1. The standard InChI is InChI=1S/C16H17BrN4O2/c1-23-12-4-5-14(17)13(6-12)16(22)20-7-11(8-20)21-9-15(18-19-21)10-2-3-10/h4-6,9-11H,2-3,7-8H2,1H3. The van der Waals surface area contributed by atoms with Gasteiger partial charge >= 0.3 is 0 Å². The smallest absolute Gasteiger partial charge is 0.255 e. The topological polar surface area (TPSA) is 60.2 Å². The molecule has 2 aromatic rings. The quantitative estimate of drug-likeness (QED) is 0.822. The third kappa shape index (κ3) is 2.73. The molecule has 7 heteroatoms. The average molecular weight is 377 g/mol. The molecule has 1 aliphatic heterocycles. The van der Waals surface area contributed by atoms with Crippen molar-refractivity contribution in [3.63, 3.8) is 0 Å². The summed E-state index contributed by atoms with van der Waals surface area (Å²) in [5.41, 5.74) is 1.71. The van der Waals surface area contributed by atoms with Gasteiger partial charge in [0.15, 0.2) is 0 Å². The Kier molecular flexibility index (Phi) is 3.60. The highest BCUT2D eigenvalue weighted by molar-refractivity contribution is 9.10. The summed E-state index contributed by atoms with van der Waals surface area (Å²) < 4.78 is 7.88. The van der Waals surface area contributed by atoms with Crippen molar-refractivity contribution >= 4 is 21.8 Å². The number of aromatic nitrogens is 3. The second-order valence-electron chi connectivity index (χ2n) is 6.11. The van der Waals surface area contributed by atoms with Crippen molar-refractivity contribution < 1.29 is 9.53 Å². The summed E-state index contributed by atoms with van der Waals surface area (Å²) in [7, 11) is 1.60. The van der Waals surface area contributed by atoms with Gasteiger partial charge < -0.3 is 9.64 Å². The first kappa shape index (κ1) is 14.7. The second-order valence-corrected chi connectivity index (χ2v) is 6.96. The molecule has 0 atom stereocenters. The van der Waals surface area contributed by atoms with Crippen molar-refractivity contribution in [2.75, 3.05) is 20.2 Å². The zero-order valence-corrected chi connectivity index (χ0v) is 14.4. The molecule has 120 valence electrons. The molecule has 1 saturated carbocycles. The summed E-state index contributed by atoms with van der Waals surface area (Å²) in [5.74, 6) is 1.29. The molecule has 2 fully saturated rings. The van der Waals surface area contributed by atoms with Gasteiger partial charge in [0, 0.05) is 29.7 Å². The largest absolute Gasteiger partial charge is 0.497 e. The van der Waals surface area contributed by atoms with Crippen molar-refractivity contribution in [1.29, 1.82) is 0 Å². The molecule has 1 amide bonds. The maximum atomic E-state index is 12.6. The molecule has 4 rings (SSSR count). The van der Waals surface area contributed by atoms with E-state index in [1.54, 1.807) is 13.2 Å². The fourth-order valence-corrected chi connectivity index (χ4v) is 3.21. The molecule has 1 saturated heterocycles. The monoisotopic (exact) mass is 376 g/mol. The van der Waals surface area contributed by atoms with Crippen LogP contribution < -0.4 is 4.74 Å². The van der Waals surface area contributed by atoms with E-state index in [0.29, 0.717) is 30.3 Å². The minimum Gasteiger partial charge on any atom is -0.497 e. The normalized spacial score (nSPS) is 17.9. The van der Waals surface area contributed by atoms with E-state index >= 15 is 0 Å².